The second-order valence-corrected chi connectivity index (χ2v) is 1.55. The van der Waals surface area contributed by atoms with Crippen LogP contribution in [0.1, 0.15) is 13.8 Å². The van der Waals surface area contributed by atoms with Crippen molar-refractivity contribution >= 4 is 6.03 Å². The third kappa shape index (κ3) is 2.92. The maximum Gasteiger partial charge on any atom is 0.341 e. The van der Waals surface area contributed by atoms with E-state index in [1.54, 1.807) is 13.8 Å². The molecule has 0 aliphatic rings. The van der Waals surface area contributed by atoms with Crippen LogP contribution in [0.4, 0.5) is 4.79 Å². The number of nitrogens with one attached hydrogen (secondary N) is 1. The highest BCUT2D eigenvalue weighted by Gasteiger charge is 2.03. The van der Waals surface area contributed by atoms with Crippen molar-refractivity contribution in [2.24, 2.45) is 0 Å². The molecule has 2 N–H and O–H groups in total. The Morgan fingerprint density at radius 3 is 2.56 bits per heavy atom. The van der Waals surface area contributed by atoms with E-state index in [2.05, 4.69) is 5.32 Å². The van der Waals surface area contributed by atoms with Crippen LogP contribution in [-0.4, -0.2) is 29.4 Å². The molecule has 0 aromatic heterocycles. The van der Waals surface area contributed by atoms with E-state index in [9.17, 15) is 4.79 Å². The molecular weight excluding hydrogens is 120 g/mol. The van der Waals surface area contributed by atoms with Crippen LogP contribution in [0.5, 0.6) is 0 Å². The number of hydroxylamine groups is 2. The number of nitrogens with zero attached hydrogens (tertiary/aromatic N) is 1. The molecule has 0 saturated carbocycles. The van der Waals surface area contributed by atoms with E-state index < -0.39 is 6.03 Å². The molecule has 0 atom stereocenters. The molecule has 4 nitrogen and oxygen atoms in total. The summed E-state index contributed by atoms with van der Waals surface area (Å²) in [7, 11) is 0. The maximum atomic E-state index is 10.5. The van der Waals surface area contributed by atoms with Crippen molar-refractivity contribution in [3.8, 4) is 0 Å². The fraction of sp³-hybridized carbons (Fsp3) is 0.800. The van der Waals surface area contributed by atoms with Gasteiger partial charge in [-0.3, -0.25) is 5.21 Å². The lowest BCUT2D eigenvalue weighted by molar-refractivity contribution is -0.0382. The van der Waals surface area contributed by atoms with Gasteiger partial charge in [-0.05, 0) is 13.8 Å². The number of carbonyl (C=O) groups excluding carboxylic acids is 1. The van der Waals surface area contributed by atoms with Crippen molar-refractivity contribution < 1.29 is 10.0 Å². The monoisotopic (exact) mass is 132 g/mol. The zero-order chi connectivity index (χ0) is 7.28. The van der Waals surface area contributed by atoms with Gasteiger partial charge in [0.1, 0.15) is 0 Å². The first kappa shape index (κ1) is 8.23. The molecule has 0 fully saturated rings. The van der Waals surface area contributed by atoms with Gasteiger partial charge in [-0.2, -0.15) is 0 Å². The average Bonchev–Trinajstić information content (AvgIpc) is 1.87. The third-order valence-corrected chi connectivity index (χ3v) is 0.862. The van der Waals surface area contributed by atoms with Gasteiger partial charge in [-0.25, -0.2) is 9.86 Å². The van der Waals surface area contributed by atoms with Gasteiger partial charge < -0.3 is 5.32 Å². The molecule has 0 heterocycles. The highest BCUT2D eigenvalue weighted by atomic mass is 16.5. The molecule has 0 saturated heterocycles. The summed E-state index contributed by atoms with van der Waals surface area (Å²) in [6, 6.07) is -0.444. The number of rotatable bonds is 2. The Labute approximate surface area is 54.4 Å². The molecular formula is C5H12N2O2. The van der Waals surface area contributed by atoms with Crippen LogP contribution in [-0.2, 0) is 0 Å². The van der Waals surface area contributed by atoms with E-state index in [0.29, 0.717) is 18.2 Å². The Morgan fingerprint density at radius 2 is 2.22 bits per heavy atom. The fourth-order valence-corrected chi connectivity index (χ4v) is 0.386. The molecule has 0 spiro atoms. The first-order valence-corrected chi connectivity index (χ1v) is 2.96. The Morgan fingerprint density at radius 1 is 1.67 bits per heavy atom. The Kier molecular flexibility index (Phi) is 3.79. The molecule has 0 aromatic rings. The van der Waals surface area contributed by atoms with Crippen molar-refractivity contribution in [3.63, 3.8) is 0 Å². The molecule has 0 unspecified atom stereocenters. The molecule has 9 heavy (non-hydrogen) atoms. The predicted octanol–water partition coefficient (Wildman–Crippen LogP) is 0.427. The first-order valence-electron chi connectivity index (χ1n) is 2.96. The molecule has 0 aliphatic heterocycles. The normalized spacial score (nSPS) is 8.78. The lowest BCUT2D eigenvalue weighted by Crippen LogP contribution is -2.37. The third-order valence-electron chi connectivity index (χ3n) is 0.862. The molecule has 2 amide bonds. The lowest BCUT2D eigenvalue weighted by Gasteiger charge is -2.11. The molecule has 0 radical (unpaired) electrons. The minimum atomic E-state index is -0.444. The van der Waals surface area contributed by atoms with E-state index in [1.165, 1.54) is 0 Å². The molecule has 0 rings (SSSR count). The van der Waals surface area contributed by atoms with Crippen LogP contribution < -0.4 is 5.32 Å². The zero-order valence-corrected chi connectivity index (χ0v) is 5.72. The van der Waals surface area contributed by atoms with Crippen LogP contribution in [0, 0.1) is 0 Å². The number of carbonyl (C=O) groups is 1. The van der Waals surface area contributed by atoms with Gasteiger partial charge in [0.2, 0.25) is 0 Å². The molecule has 0 bridgehead atoms. The number of urea groups is 1. The Bertz CT molecular complexity index is 95.0. The summed E-state index contributed by atoms with van der Waals surface area (Å²) in [6.45, 7) is 4.33. The van der Waals surface area contributed by atoms with Crippen molar-refractivity contribution in [3.05, 3.63) is 0 Å². The van der Waals surface area contributed by atoms with Crippen molar-refractivity contribution in [2.45, 2.75) is 13.8 Å². The van der Waals surface area contributed by atoms with E-state index >= 15 is 0 Å². The average molecular weight is 132 g/mol. The van der Waals surface area contributed by atoms with Gasteiger partial charge in [0.15, 0.2) is 0 Å². The van der Waals surface area contributed by atoms with Gasteiger partial charge in [0.25, 0.3) is 0 Å². The molecule has 0 aromatic carbocycles. The standard InChI is InChI=1S/C5H12N2O2/c1-3-6-5(8)7(9)4-2/h9H,3-4H2,1-2H3,(H,6,8). The quantitative estimate of drug-likeness (QED) is 0.423. The second kappa shape index (κ2) is 4.14. The van der Waals surface area contributed by atoms with Crippen molar-refractivity contribution in [1.82, 2.24) is 10.4 Å². The summed E-state index contributed by atoms with van der Waals surface area (Å²) < 4.78 is 0. The van der Waals surface area contributed by atoms with Crippen LogP contribution >= 0.6 is 0 Å². The van der Waals surface area contributed by atoms with Crippen LogP contribution in [0.3, 0.4) is 0 Å². The van der Waals surface area contributed by atoms with Gasteiger partial charge in [0.05, 0.1) is 0 Å². The summed E-state index contributed by atoms with van der Waals surface area (Å²) >= 11 is 0. The smallest absolute Gasteiger partial charge is 0.336 e. The van der Waals surface area contributed by atoms with E-state index in [4.69, 9.17) is 5.21 Å². The number of hydrogen-bond acceptors (Lipinski definition) is 2. The molecule has 4 heteroatoms. The lowest BCUT2D eigenvalue weighted by atomic mass is 10.7. The van der Waals surface area contributed by atoms with Gasteiger partial charge in [-0.15, -0.1) is 0 Å². The van der Waals surface area contributed by atoms with Crippen LogP contribution in [0.15, 0.2) is 0 Å². The van der Waals surface area contributed by atoms with Gasteiger partial charge >= 0.3 is 6.03 Å². The number of hydrogen-bond donors (Lipinski definition) is 2. The highest BCUT2D eigenvalue weighted by Crippen LogP contribution is 1.79. The molecule has 54 valence electrons. The summed E-state index contributed by atoms with van der Waals surface area (Å²) in [5, 5.41) is 11.7. The topological polar surface area (TPSA) is 52.6 Å². The summed E-state index contributed by atoms with van der Waals surface area (Å²) in [6.07, 6.45) is 0. The van der Waals surface area contributed by atoms with E-state index in [0.717, 1.165) is 0 Å². The zero-order valence-electron chi connectivity index (χ0n) is 5.72. The summed E-state index contributed by atoms with van der Waals surface area (Å²) in [5.41, 5.74) is 0. The van der Waals surface area contributed by atoms with Crippen molar-refractivity contribution in [1.29, 1.82) is 0 Å². The van der Waals surface area contributed by atoms with E-state index in [1.807, 2.05) is 0 Å². The fourth-order valence-electron chi connectivity index (χ4n) is 0.386. The largest absolute Gasteiger partial charge is 0.341 e. The SMILES string of the molecule is CCNC(=O)N(O)CC. The summed E-state index contributed by atoms with van der Waals surface area (Å²) in [5.74, 6) is 0. The maximum absolute atomic E-state index is 10.5. The number of amides is 2. The minimum absolute atomic E-state index is 0.311. The Hall–Kier alpha value is -0.770. The first-order chi connectivity index (χ1) is 4.22. The van der Waals surface area contributed by atoms with Crippen LogP contribution in [0.2, 0.25) is 0 Å². The minimum Gasteiger partial charge on any atom is -0.336 e. The highest BCUT2D eigenvalue weighted by molar-refractivity contribution is 5.72. The molecule has 0 aliphatic carbocycles. The van der Waals surface area contributed by atoms with Crippen molar-refractivity contribution in [2.75, 3.05) is 13.1 Å². The van der Waals surface area contributed by atoms with Gasteiger partial charge in [-0.1, -0.05) is 0 Å². The summed E-state index contributed by atoms with van der Waals surface area (Å²) in [4.78, 5) is 10.5. The second-order valence-electron chi connectivity index (χ2n) is 1.55. The Balaban J connectivity index is 3.46. The van der Waals surface area contributed by atoms with E-state index in [-0.39, 0.29) is 0 Å². The van der Waals surface area contributed by atoms with Crippen LogP contribution in [0.25, 0.3) is 0 Å². The van der Waals surface area contributed by atoms with Gasteiger partial charge in [0, 0.05) is 13.1 Å². The predicted molar refractivity (Wildman–Crippen MR) is 33.2 cm³/mol.